The lowest BCUT2D eigenvalue weighted by atomic mass is 9.82. The average Bonchev–Trinajstić information content (AvgIpc) is 2.94. The molecule has 0 radical (unpaired) electrons. The Kier molecular flexibility index (Phi) is 11.6. The van der Waals surface area contributed by atoms with Gasteiger partial charge in [0.1, 0.15) is 6.79 Å². The second-order valence-corrected chi connectivity index (χ2v) is 18.7. The molecule has 0 N–H and O–H groups in total. The Morgan fingerprint density at radius 2 is 1.45 bits per heavy atom. The Balaban J connectivity index is 1.53. The first-order valence-electron chi connectivity index (χ1n) is 14.2. The fourth-order valence-electron chi connectivity index (χ4n) is 4.55. The van der Waals surface area contributed by atoms with Crippen LogP contribution in [-0.4, -0.2) is 33.1 Å². The molecule has 3 atom stereocenters. The first-order chi connectivity index (χ1) is 19.2. The maximum atomic E-state index is 7.19. The highest BCUT2D eigenvalue weighted by atomic mass is 32.2. The van der Waals surface area contributed by atoms with Crippen LogP contribution in [0.4, 0.5) is 0 Å². The van der Waals surface area contributed by atoms with Gasteiger partial charge in [-0.05, 0) is 66.2 Å². The molecule has 6 heteroatoms. The molecule has 0 heterocycles. The lowest BCUT2D eigenvalue weighted by molar-refractivity contribution is -0.112. The molecule has 0 saturated heterocycles. The Hall–Kier alpha value is -1.80. The van der Waals surface area contributed by atoms with E-state index in [0.29, 0.717) is 12.5 Å². The van der Waals surface area contributed by atoms with Crippen molar-refractivity contribution in [2.75, 3.05) is 12.5 Å². The molecule has 0 aromatic heterocycles. The van der Waals surface area contributed by atoms with Crippen LogP contribution in [0, 0.1) is 5.92 Å². The molecular weight excluding hydrogens is 549 g/mol. The molecule has 1 aliphatic carbocycles. The monoisotopic (exact) mass is 592 g/mol. The molecule has 40 heavy (non-hydrogen) atoms. The smallest absolute Gasteiger partial charge is 0.192 e. The lowest BCUT2D eigenvalue weighted by Gasteiger charge is -2.45. The summed E-state index contributed by atoms with van der Waals surface area (Å²) in [6.07, 6.45) is 1.94. The number of hydrogen-bond donors (Lipinski definition) is 0. The van der Waals surface area contributed by atoms with Crippen LogP contribution in [0.25, 0.3) is 0 Å². The van der Waals surface area contributed by atoms with Crippen LogP contribution in [0.15, 0.2) is 112 Å². The van der Waals surface area contributed by atoms with Gasteiger partial charge in [0, 0.05) is 21.5 Å². The van der Waals surface area contributed by atoms with E-state index in [1.54, 1.807) is 11.8 Å². The fourth-order valence-corrected chi connectivity index (χ4v) is 7.94. The maximum absolute atomic E-state index is 7.19. The molecule has 0 unspecified atom stereocenters. The van der Waals surface area contributed by atoms with Gasteiger partial charge in [0.2, 0.25) is 0 Å². The van der Waals surface area contributed by atoms with Gasteiger partial charge in [0.05, 0.1) is 18.8 Å². The number of rotatable bonds is 12. The van der Waals surface area contributed by atoms with Crippen molar-refractivity contribution >= 4 is 31.8 Å². The Bertz CT molecular complexity index is 1180. The van der Waals surface area contributed by atoms with E-state index in [1.165, 1.54) is 15.4 Å². The quantitative estimate of drug-likeness (QED) is 0.0903. The maximum Gasteiger partial charge on any atom is 0.192 e. The van der Waals surface area contributed by atoms with E-state index >= 15 is 0 Å². The zero-order chi connectivity index (χ0) is 28.4. The van der Waals surface area contributed by atoms with Crippen LogP contribution in [0.2, 0.25) is 18.1 Å². The van der Waals surface area contributed by atoms with Crippen molar-refractivity contribution in [3.63, 3.8) is 0 Å². The number of benzene rings is 3. The van der Waals surface area contributed by atoms with E-state index in [-0.39, 0.29) is 24.0 Å². The van der Waals surface area contributed by atoms with Crippen LogP contribution in [0.3, 0.4) is 0 Å². The van der Waals surface area contributed by atoms with Gasteiger partial charge in [-0.2, -0.15) is 0 Å². The molecule has 1 fully saturated rings. The summed E-state index contributed by atoms with van der Waals surface area (Å²) >= 11 is 3.73. The number of hydrogen-bond acceptors (Lipinski definition) is 5. The van der Waals surface area contributed by atoms with Crippen LogP contribution in [0.1, 0.15) is 39.2 Å². The Labute approximate surface area is 251 Å². The van der Waals surface area contributed by atoms with E-state index in [2.05, 4.69) is 112 Å². The number of ether oxygens (including phenoxy) is 2. The molecule has 4 rings (SSSR count). The van der Waals surface area contributed by atoms with Crippen LogP contribution >= 0.6 is 23.5 Å². The van der Waals surface area contributed by atoms with Gasteiger partial charge >= 0.3 is 0 Å². The third kappa shape index (κ3) is 9.36. The number of thioether (sulfide) groups is 2. The second-order valence-electron chi connectivity index (χ2n) is 12.0. The molecule has 0 aliphatic heterocycles. The predicted octanol–water partition coefficient (Wildman–Crippen LogP) is 9.81. The fraction of sp³-hybridized carbons (Fsp3) is 0.412. The van der Waals surface area contributed by atoms with Crippen molar-refractivity contribution in [1.29, 1.82) is 0 Å². The van der Waals surface area contributed by atoms with Gasteiger partial charge in [-0.3, -0.25) is 0 Å². The SMILES string of the molecule is CC(C)(C)[Si](C)(C)O[C@H]1C[C@H](OCOCc2ccccc2)C/C(=C\Sc2ccccc2)[C@H]1CSc1ccccc1. The van der Waals surface area contributed by atoms with Gasteiger partial charge in [-0.25, -0.2) is 0 Å². The minimum Gasteiger partial charge on any atom is -0.413 e. The van der Waals surface area contributed by atoms with E-state index in [0.717, 1.165) is 24.2 Å². The van der Waals surface area contributed by atoms with E-state index in [4.69, 9.17) is 13.9 Å². The molecule has 0 amide bonds. The summed E-state index contributed by atoms with van der Waals surface area (Å²) in [4.78, 5) is 2.55. The first kappa shape index (κ1) is 31.1. The molecular formula is C34H44O3S2Si. The molecule has 0 spiro atoms. The minimum absolute atomic E-state index is 0.0612. The molecule has 3 nitrogen and oxygen atoms in total. The van der Waals surface area contributed by atoms with Crippen molar-refractivity contribution in [2.24, 2.45) is 5.92 Å². The van der Waals surface area contributed by atoms with E-state index in [9.17, 15) is 0 Å². The summed E-state index contributed by atoms with van der Waals surface area (Å²) in [5.41, 5.74) is 2.58. The lowest BCUT2D eigenvalue weighted by Crippen LogP contribution is -2.49. The Morgan fingerprint density at radius 1 is 0.850 bits per heavy atom. The zero-order valence-electron chi connectivity index (χ0n) is 24.5. The first-order valence-corrected chi connectivity index (χ1v) is 19.0. The largest absolute Gasteiger partial charge is 0.413 e. The van der Waals surface area contributed by atoms with E-state index < -0.39 is 8.32 Å². The summed E-state index contributed by atoms with van der Waals surface area (Å²) in [7, 11) is -2.00. The Morgan fingerprint density at radius 3 is 2.08 bits per heavy atom. The predicted molar refractivity (Wildman–Crippen MR) is 173 cm³/mol. The van der Waals surface area contributed by atoms with Crippen molar-refractivity contribution in [3.8, 4) is 0 Å². The topological polar surface area (TPSA) is 27.7 Å². The molecule has 1 saturated carbocycles. The molecule has 1 aliphatic rings. The van der Waals surface area contributed by atoms with Gasteiger partial charge in [-0.1, -0.05) is 105 Å². The summed E-state index contributed by atoms with van der Waals surface area (Å²) < 4.78 is 19.5. The summed E-state index contributed by atoms with van der Waals surface area (Å²) in [5, 5.41) is 2.51. The highest BCUT2D eigenvalue weighted by Gasteiger charge is 2.44. The normalized spacial score (nSPS) is 21.0. The summed E-state index contributed by atoms with van der Waals surface area (Å²) in [5.74, 6) is 1.31. The highest BCUT2D eigenvalue weighted by molar-refractivity contribution is 8.02. The third-order valence-electron chi connectivity index (χ3n) is 7.90. The van der Waals surface area contributed by atoms with Crippen molar-refractivity contribution in [1.82, 2.24) is 0 Å². The molecule has 0 bridgehead atoms. The molecule has 3 aromatic carbocycles. The molecule has 3 aromatic rings. The average molecular weight is 593 g/mol. The molecule has 214 valence electrons. The van der Waals surface area contributed by atoms with E-state index in [1.807, 2.05) is 30.0 Å². The van der Waals surface area contributed by atoms with Gasteiger partial charge in [0.15, 0.2) is 8.32 Å². The summed E-state index contributed by atoms with van der Waals surface area (Å²) in [6.45, 7) is 12.5. The van der Waals surface area contributed by atoms with Crippen LogP contribution in [-0.2, 0) is 20.5 Å². The van der Waals surface area contributed by atoms with Gasteiger partial charge < -0.3 is 13.9 Å². The van der Waals surface area contributed by atoms with Crippen molar-refractivity contribution in [2.45, 2.75) is 80.4 Å². The van der Waals surface area contributed by atoms with Crippen LogP contribution in [0.5, 0.6) is 0 Å². The van der Waals surface area contributed by atoms with Crippen molar-refractivity contribution in [3.05, 3.63) is 108 Å². The van der Waals surface area contributed by atoms with Gasteiger partial charge in [-0.15, -0.1) is 11.8 Å². The zero-order valence-corrected chi connectivity index (χ0v) is 27.2. The third-order valence-corrected chi connectivity index (χ3v) is 14.5. The van der Waals surface area contributed by atoms with Crippen LogP contribution < -0.4 is 0 Å². The minimum atomic E-state index is -2.00. The highest BCUT2D eigenvalue weighted by Crippen LogP contribution is 2.44. The second kappa shape index (κ2) is 14.9. The van der Waals surface area contributed by atoms with Gasteiger partial charge in [0.25, 0.3) is 0 Å². The standard InChI is InChI=1S/C34H44O3S2Si/c1-34(2,3)40(4,5)37-33-22-29(36-26-35-23-27-15-9-6-10-16-27)21-28(24-38-30-17-11-7-12-18-30)32(33)25-39-31-19-13-8-14-20-31/h6-20,24,29,32-33H,21-23,25-26H2,1-5H3/b28-24+/t29-,32-,33+/m1/s1. The van der Waals surface area contributed by atoms with Crippen molar-refractivity contribution < 1.29 is 13.9 Å². The summed E-state index contributed by atoms with van der Waals surface area (Å²) in [6, 6.07) is 31.6.